The number of nitrogens with one attached hydrogen (secondary N) is 2. The average molecular weight is 891 g/mol. The van der Waals surface area contributed by atoms with E-state index in [-0.39, 0.29) is 137 Å². The van der Waals surface area contributed by atoms with Crippen LogP contribution in [0.2, 0.25) is 0 Å². The van der Waals surface area contributed by atoms with Crippen LogP contribution in [0.15, 0.2) is 0 Å². The third kappa shape index (κ3) is 39.5. The molecule has 2 amide bonds. The van der Waals surface area contributed by atoms with Crippen LogP contribution in [-0.4, -0.2) is 105 Å². The van der Waals surface area contributed by atoms with Crippen molar-refractivity contribution in [3.8, 4) is 0 Å². The molecule has 0 aliphatic rings. The van der Waals surface area contributed by atoms with E-state index in [9.17, 15) is 9.59 Å². The third-order valence-electron chi connectivity index (χ3n) is 3.70. The zero-order valence-electron chi connectivity index (χ0n) is 25.6. The second-order valence-electron chi connectivity index (χ2n) is 9.08. The largest absolute Gasteiger partial charge is 0.508 e. The van der Waals surface area contributed by atoms with E-state index in [2.05, 4.69) is 17.7 Å². The normalized spacial score (nSPS) is 14.2. The van der Waals surface area contributed by atoms with E-state index >= 15 is 0 Å². The monoisotopic (exact) mass is 891 g/mol. The molecule has 0 rings (SSSR count). The van der Waals surface area contributed by atoms with E-state index in [1.807, 2.05) is 0 Å². The number of carbonyl (C=O) groups is 2. The van der Waals surface area contributed by atoms with E-state index in [0.29, 0.717) is 0 Å². The Morgan fingerprint density at radius 3 is 1.15 bits per heavy atom. The van der Waals surface area contributed by atoms with Gasteiger partial charge >= 0.3 is 0 Å². The summed E-state index contributed by atoms with van der Waals surface area (Å²) in [6.45, 7) is 13.9. The van der Waals surface area contributed by atoms with Crippen molar-refractivity contribution in [1.29, 1.82) is 0 Å². The average Bonchev–Trinajstić information content (AvgIpc) is 2.75. The minimum atomic E-state index is -0.899. The number of hydrogen-bond donors (Lipinski definition) is 6. The van der Waals surface area contributed by atoms with Gasteiger partial charge in [0.1, 0.15) is 0 Å². The Bertz CT molecular complexity index is 500. The number of carbonyl (C=O) groups excluding carboxylic acids is 2. The number of ether oxygens (including phenoxy) is 4. The molecule has 0 saturated heterocycles. The van der Waals surface area contributed by atoms with E-state index in [1.165, 1.54) is 28.1 Å². The summed E-state index contributed by atoms with van der Waals surface area (Å²) in [4.78, 5) is 22.9. The first kappa shape index (κ1) is 56.3. The van der Waals surface area contributed by atoms with Crippen LogP contribution in [0.1, 0.15) is 55.4 Å². The zero-order valence-corrected chi connectivity index (χ0v) is 34.3. The molecule has 12 nitrogen and oxygen atoms in total. The van der Waals surface area contributed by atoms with Crippen LogP contribution in [0.3, 0.4) is 0 Å². The summed E-state index contributed by atoms with van der Waals surface area (Å²) in [5.74, 6) is -0.444. The summed E-state index contributed by atoms with van der Waals surface area (Å²) >= 11 is 0. The van der Waals surface area contributed by atoms with Crippen molar-refractivity contribution in [2.75, 3.05) is 47.7 Å². The van der Waals surface area contributed by atoms with E-state index < -0.39 is 23.4 Å². The van der Waals surface area contributed by atoms with Gasteiger partial charge in [0.15, 0.2) is 12.6 Å². The molecule has 0 aromatic rings. The number of aliphatic hydroxyl groups is 4. The van der Waals surface area contributed by atoms with Crippen LogP contribution in [0.5, 0.6) is 0 Å². The number of rotatable bonds is 12. The fourth-order valence-corrected chi connectivity index (χ4v) is 2.11. The molecular weight excluding hydrogens is 838 g/mol. The molecule has 232 valence electrons. The van der Waals surface area contributed by atoms with E-state index in [4.69, 9.17) is 39.4 Å². The van der Waals surface area contributed by atoms with Gasteiger partial charge in [-0.3, -0.25) is 16.6 Å². The maximum absolute atomic E-state index is 11.5. The Labute approximate surface area is 300 Å². The van der Waals surface area contributed by atoms with Crippen molar-refractivity contribution in [2.45, 2.75) is 80.2 Å². The first-order valence-electron chi connectivity index (χ1n) is 11.6. The first-order valence-corrected chi connectivity index (χ1v) is 11.6. The summed E-state index contributed by atoms with van der Waals surface area (Å²) in [5, 5.41) is 38.8. The molecule has 2 radical (unpaired) electrons. The summed E-state index contributed by atoms with van der Waals surface area (Å²) in [6, 6.07) is 0. The Morgan fingerprint density at radius 2 is 0.974 bits per heavy atom. The van der Waals surface area contributed by atoms with Gasteiger partial charge in [0.25, 0.3) is 0 Å². The Balaban J connectivity index is -0.0000000775. The smallest absolute Gasteiger partial charge is 0.230 e. The van der Waals surface area contributed by atoms with Gasteiger partial charge in [0.2, 0.25) is 11.8 Å². The van der Waals surface area contributed by atoms with Crippen LogP contribution in [0.25, 0.3) is 0 Å². The van der Waals surface area contributed by atoms with Gasteiger partial charge in [0.05, 0.1) is 37.3 Å². The standard InChI is InChI=1S/C9H19NO4.C9H18NO4.2C3H8O.W.2Y/c2*1-7(11)14-6-9(2,5-13-4)8(12)10-3;2*1-3(2)4;;;/h7,11H,5-6H2,1-4H3,(H,10,12);7,11H,3,5-6H2,1-2,4H3,(H,10,12);2*3-4H,1-2H3;;;/q;-1;;;;;. The third-order valence-corrected chi connectivity index (χ3v) is 3.70. The molecule has 0 aromatic heterocycles. The summed E-state index contributed by atoms with van der Waals surface area (Å²) in [5.41, 5.74) is -1.59. The molecule has 0 bridgehead atoms. The molecule has 0 aromatic carbocycles. The molecular formula is C24H53N2O10WY2-. The number of methoxy groups -OCH3 is 2. The van der Waals surface area contributed by atoms with Crippen molar-refractivity contribution in [3.05, 3.63) is 7.05 Å². The Kier molecular flexibility index (Phi) is 49.1. The molecule has 4 atom stereocenters. The van der Waals surface area contributed by atoms with E-state index in [0.717, 1.165) is 0 Å². The summed E-state index contributed by atoms with van der Waals surface area (Å²) in [7, 11) is 7.86. The zero-order chi connectivity index (χ0) is 29.5. The molecule has 15 heteroatoms. The van der Waals surface area contributed by atoms with Crippen LogP contribution < -0.4 is 10.6 Å². The number of amides is 2. The molecule has 0 aliphatic carbocycles. The summed E-state index contributed by atoms with van der Waals surface area (Å²) < 4.78 is 19.8. The van der Waals surface area contributed by atoms with Gasteiger partial charge in [0, 0.05) is 120 Å². The molecule has 6 N–H and O–H groups in total. The van der Waals surface area contributed by atoms with Gasteiger partial charge in [-0.25, -0.2) is 0 Å². The fraction of sp³-hybridized carbons (Fsp3) is 0.875. The molecule has 0 aliphatic heterocycles. The predicted molar refractivity (Wildman–Crippen MR) is 138 cm³/mol. The first-order chi connectivity index (χ1) is 16.4. The van der Waals surface area contributed by atoms with Gasteiger partial charge < -0.3 is 50.0 Å². The molecule has 39 heavy (non-hydrogen) atoms. The molecule has 0 saturated carbocycles. The maximum Gasteiger partial charge on any atom is 0.230 e. The Hall–Kier alpha value is 1.52. The number of hydrogen-bond acceptors (Lipinski definition) is 10. The fourth-order valence-electron chi connectivity index (χ4n) is 2.11. The Morgan fingerprint density at radius 1 is 0.718 bits per heavy atom. The quantitative estimate of drug-likeness (QED) is 0.119. The van der Waals surface area contributed by atoms with Gasteiger partial charge in [-0.05, 0) is 55.4 Å². The van der Waals surface area contributed by atoms with Crippen molar-refractivity contribution in [1.82, 2.24) is 10.6 Å². The van der Waals surface area contributed by atoms with Crippen LogP contribution in [0, 0.1) is 17.9 Å². The van der Waals surface area contributed by atoms with Crippen LogP contribution in [0.4, 0.5) is 0 Å². The molecule has 0 heterocycles. The second-order valence-corrected chi connectivity index (χ2v) is 9.08. The SMILES string of the molecule is CC(C)O.CC(C)O.CNC(=O)C(C)(COC)COC(C)O.[CH2-]NC(=O)C(C)(COC)COC(C)O.[W].[Y].[Y]. The topological polar surface area (TPSA) is 176 Å². The van der Waals surface area contributed by atoms with Crippen LogP contribution >= 0.6 is 0 Å². The summed E-state index contributed by atoms with van der Waals surface area (Å²) in [6.07, 6.45) is -2.11. The number of aliphatic hydroxyl groups excluding tert-OH is 4. The molecule has 0 spiro atoms. The van der Waals surface area contributed by atoms with Gasteiger partial charge in [-0.1, -0.05) is 0 Å². The predicted octanol–water partition coefficient (Wildman–Crippen LogP) is 0.408. The van der Waals surface area contributed by atoms with E-state index in [1.54, 1.807) is 48.6 Å². The minimum Gasteiger partial charge on any atom is -0.508 e. The van der Waals surface area contributed by atoms with Crippen molar-refractivity contribution in [3.63, 3.8) is 0 Å². The molecule has 0 fully saturated rings. The second kappa shape index (κ2) is 34.0. The van der Waals surface area contributed by atoms with Crippen molar-refractivity contribution >= 4 is 11.8 Å². The minimum absolute atomic E-state index is 0. The maximum atomic E-state index is 11.5. The van der Waals surface area contributed by atoms with Gasteiger partial charge in [-0.2, -0.15) is 0 Å². The van der Waals surface area contributed by atoms with Crippen LogP contribution in [-0.2, 0) is 115 Å². The molecule has 4 unspecified atom stereocenters. The van der Waals surface area contributed by atoms with Gasteiger partial charge in [-0.15, -0.1) is 0 Å². The van der Waals surface area contributed by atoms with Crippen molar-refractivity contribution in [2.24, 2.45) is 10.8 Å². The van der Waals surface area contributed by atoms with Crippen molar-refractivity contribution < 1.29 is 135 Å².